The second kappa shape index (κ2) is 2.51. The molecule has 0 saturated carbocycles. The highest BCUT2D eigenvalue weighted by molar-refractivity contribution is 4.88. The molecule has 10 heavy (non-hydrogen) atoms. The molecular weight excluding hydrogens is 126 g/mol. The Balaban J connectivity index is 2.03. The van der Waals surface area contributed by atoms with Crippen LogP contribution < -0.4 is 0 Å². The van der Waals surface area contributed by atoms with Gasteiger partial charge in [0.1, 0.15) is 0 Å². The van der Waals surface area contributed by atoms with Gasteiger partial charge in [0.05, 0.1) is 6.10 Å². The van der Waals surface area contributed by atoms with Crippen LogP contribution in [0.15, 0.2) is 0 Å². The molecule has 0 aromatic rings. The van der Waals surface area contributed by atoms with Crippen LogP contribution in [0.1, 0.15) is 25.7 Å². The van der Waals surface area contributed by atoms with Crippen LogP contribution in [0.3, 0.4) is 0 Å². The standard InChI is InChI=1S/C8H15NO/c10-8-4-2-6-9-5-1-3-7(8)9/h7-8,10H,1-6H2. The van der Waals surface area contributed by atoms with Gasteiger partial charge in [-0.1, -0.05) is 0 Å². The minimum atomic E-state index is -0.0174. The minimum Gasteiger partial charge on any atom is -0.391 e. The summed E-state index contributed by atoms with van der Waals surface area (Å²) >= 11 is 0. The maximum atomic E-state index is 9.54. The lowest BCUT2D eigenvalue weighted by molar-refractivity contribution is 0.0344. The normalized spacial score (nSPS) is 41.7. The summed E-state index contributed by atoms with van der Waals surface area (Å²) in [5, 5.41) is 9.54. The molecule has 0 amide bonds. The number of hydrogen-bond donors (Lipinski definition) is 1. The second-order valence-electron chi connectivity index (χ2n) is 3.46. The number of rotatable bonds is 0. The number of hydrogen-bond acceptors (Lipinski definition) is 2. The molecule has 1 N–H and O–H groups in total. The third-order valence-electron chi connectivity index (χ3n) is 2.80. The van der Waals surface area contributed by atoms with Crippen molar-refractivity contribution in [2.75, 3.05) is 13.1 Å². The Labute approximate surface area is 61.8 Å². The number of aliphatic hydroxyl groups is 1. The zero-order valence-corrected chi connectivity index (χ0v) is 6.29. The summed E-state index contributed by atoms with van der Waals surface area (Å²) in [5.41, 5.74) is 0. The minimum absolute atomic E-state index is 0.0174. The molecule has 0 aliphatic carbocycles. The average Bonchev–Trinajstić information content (AvgIpc) is 2.36. The fourth-order valence-electron chi connectivity index (χ4n) is 2.26. The highest BCUT2D eigenvalue weighted by Crippen LogP contribution is 2.26. The van der Waals surface area contributed by atoms with Gasteiger partial charge in [-0.05, 0) is 38.8 Å². The van der Waals surface area contributed by atoms with E-state index in [9.17, 15) is 5.11 Å². The Morgan fingerprint density at radius 2 is 1.80 bits per heavy atom. The summed E-state index contributed by atoms with van der Waals surface area (Å²) in [7, 11) is 0. The first-order valence-electron chi connectivity index (χ1n) is 4.30. The molecule has 2 saturated heterocycles. The molecule has 2 aliphatic heterocycles. The van der Waals surface area contributed by atoms with Gasteiger partial charge >= 0.3 is 0 Å². The average molecular weight is 141 g/mol. The lowest BCUT2D eigenvalue weighted by atomic mass is 10.00. The van der Waals surface area contributed by atoms with E-state index in [0.29, 0.717) is 6.04 Å². The third-order valence-corrected chi connectivity index (χ3v) is 2.80. The molecule has 0 spiro atoms. The van der Waals surface area contributed by atoms with E-state index in [4.69, 9.17) is 0 Å². The Kier molecular flexibility index (Phi) is 1.66. The summed E-state index contributed by atoms with van der Waals surface area (Å²) in [5.74, 6) is 0. The first kappa shape index (κ1) is 6.62. The van der Waals surface area contributed by atoms with Crippen LogP contribution in [0.5, 0.6) is 0 Å². The van der Waals surface area contributed by atoms with Crippen LogP contribution in [-0.4, -0.2) is 35.2 Å². The zero-order chi connectivity index (χ0) is 6.97. The van der Waals surface area contributed by atoms with Gasteiger partial charge in [-0.15, -0.1) is 0 Å². The van der Waals surface area contributed by atoms with Crippen molar-refractivity contribution in [2.24, 2.45) is 0 Å². The Bertz CT molecular complexity index is 126. The fraction of sp³-hybridized carbons (Fsp3) is 1.00. The van der Waals surface area contributed by atoms with Gasteiger partial charge in [0.15, 0.2) is 0 Å². The van der Waals surface area contributed by atoms with Crippen molar-refractivity contribution < 1.29 is 5.11 Å². The number of nitrogens with zero attached hydrogens (tertiary/aromatic N) is 1. The number of piperidine rings is 1. The molecule has 58 valence electrons. The maximum Gasteiger partial charge on any atom is 0.0695 e. The van der Waals surface area contributed by atoms with E-state index in [-0.39, 0.29) is 6.10 Å². The third kappa shape index (κ3) is 0.956. The zero-order valence-electron chi connectivity index (χ0n) is 6.29. The molecule has 2 heteroatoms. The molecule has 2 unspecified atom stereocenters. The van der Waals surface area contributed by atoms with Crippen molar-refractivity contribution in [3.05, 3.63) is 0 Å². The first-order chi connectivity index (χ1) is 4.88. The smallest absolute Gasteiger partial charge is 0.0695 e. The Hall–Kier alpha value is -0.0800. The number of aliphatic hydroxyl groups excluding tert-OH is 1. The summed E-state index contributed by atoms with van der Waals surface area (Å²) in [6.45, 7) is 2.45. The highest BCUT2D eigenvalue weighted by atomic mass is 16.3. The van der Waals surface area contributed by atoms with Crippen LogP contribution in [0, 0.1) is 0 Å². The van der Waals surface area contributed by atoms with Crippen molar-refractivity contribution >= 4 is 0 Å². The fourth-order valence-corrected chi connectivity index (χ4v) is 2.26. The van der Waals surface area contributed by atoms with Crippen molar-refractivity contribution in [3.8, 4) is 0 Å². The van der Waals surface area contributed by atoms with Crippen molar-refractivity contribution in [3.63, 3.8) is 0 Å². The molecule has 2 nitrogen and oxygen atoms in total. The maximum absolute atomic E-state index is 9.54. The van der Waals surface area contributed by atoms with Gasteiger partial charge in [-0.3, -0.25) is 4.90 Å². The van der Waals surface area contributed by atoms with E-state index in [1.165, 1.54) is 32.4 Å². The second-order valence-corrected chi connectivity index (χ2v) is 3.46. The molecule has 0 radical (unpaired) electrons. The van der Waals surface area contributed by atoms with Crippen LogP contribution in [0.4, 0.5) is 0 Å². The van der Waals surface area contributed by atoms with Crippen molar-refractivity contribution in [2.45, 2.75) is 37.8 Å². The molecule has 0 aromatic heterocycles. The summed E-state index contributed by atoms with van der Waals surface area (Å²) < 4.78 is 0. The van der Waals surface area contributed by atoms with Gasteiger partial charge in [-0.25, -0.2) is 0 Å². The van der Waals surface area contributed by atoms with E-state index in [1.54, 1.807) is 0 Å². The first-order valence-corrected chi connectivity index (χ1v) is 4.30. The van der Waals surface area contributed by atoms with E-state index in [2.05, 4.69) is 4.90 Å². The van der Waals surface area contributed by atoms with Crippen molar-refractivity contribution in [1.29, 1.82) is 0 Å². The van der Waals surface area contributed by atoms with Crippen molar-refractivity contribution in [1.82, 2.24) is 4.90 Å². The quantitative estimate of drug-likeness (QED) is 0.534. The van der Waals surface area contributed by atoms with E-state index in [0.717, 1.165) is 6.42 Å². The molecule has 0 aromatic carbocycles. The number of fused-ring (bicyclic) bond motifs is 1. The lowest BCUT2D eigenvalue weighted by Crippen LogP contribution is -2.43. The van der Waals surface area contributed by atoms with Gasteiger partial charge < -0.3 is 5.11 Å². The highest BCUT2D eigenvalue weighted by Gasteiger charge is 2.32. The SMILES string of the molecule is OC1CCCN2CCCC12. The van der Waals surface area contributed by atoms with Gasteiger partial charge in [0, 0.05) is 6.04 Å². The van der Waals surface area contributed by atoms with E-state index >= 15 is 0 Å². The van der Waals surface area contributed by atoms with Gasteiger partial charge in [0.25, 0.3) is 0 Å². The molecular formula is C8H15NO. The molecule has 0 bridgehead atoms. The molecule has 2 fully saturated rings. The van der Waals surface area contributed by atoms with E-state index in [1.807, 2.05) is 0 Å². The molecule has 2 aliphatic rings. The van der Waals surface area contributed by atoms with Crippen LogP contribution in [0.2, 0.25) is 0 Å². The Morgan fingerprint density at radius 3 is 2.50 bits per heavy atom. The van der Waals surface area contributed by atoms with Gasteiger partial charge in [0.2, 0.25) is 0 Å². The molecule has 2 heterocycles. The predicted molar refractivity (Wildman–Crippen MR) is 39.8 cm³/mol. The van der Waals surface area contributed by atoms with Crippen LogP contribution in [-0.2, 0) is 0 Å². The molecule has 2 atom stereocenters. The Morgan fingerprint density at radius 1 is 1.10 bits per heavy atom. The summed E-state index contributed by atoms with van der Waals surface area (Å²) in [6.07, 6.45) is 4.72. The van der Waals surface area contributed by atoms with E-state index < -0.39 is 0 Å². The van der Waals surface area contributed by atoms with Gasteiger partial charge in [-0.2, -0.15) is 0 Å². The van der Waals surface area contributed by atoms with Crippen LogP contribution >= 0.6 is 0 Å². The summed E-state index contributed by atoms with van der Waals surface area (Å²) in [6, 6.07) is 0.522. The summed E-state index contributed by atoms with van der Waals surface area (Å²) in [4.78, 5) is 2.44. The molecule has 2 rings (SSSR count). The predicted octanol–water partition coefficient (Wildman–Crippen LogP) is 0.605. The monoisotopic (exact) mass is 141 g/mol. The lowest BCUT2D eigenvalue weighted by Gasteiger charge is -2.33. The topological polar surface area (TPSA) is 23.5 Å². The largest absolute Gasteiger partial charge is 0.391 e. The van der Waals surface area contributed by atoms with Crippen LogP contribution in [0.25, 0.3) is 0 Å².